The minimum atomic E-state index is -3.74. The molecule has 7 heteroatoms. The number of nitrogens with one attached hydrogen (secondary N) is 2. The SMILES string of the molecule is COc1ccc(S(=O)(=O)N[C@H]2CCCc3ccccc32)cc1NC(C)=O. The molecular weight excluding hydrogens is 352 g/mol. The predicted molar refractivity (Wildman–Crippen MR) is 99.7 cm³/mol. The van der Waals surface area contributed by atoms with Crippen LogP contribution in [0.25, 0.3) is 0 Å². The number of methoxy groups -OCH3 is 1. The lowest BCUT2D eigenvalue weighted by Crippen LogP contribution is -2.31. The van der Waals surface area contributed by atoms with Crippen LogP contribution >= 0.6 is 0 Å². The molecule has 0 saturated carbocycles. The van der Waals surface area contributed by atoms with Crippen LogP contribution in [0.3, 0.4) is 0 Å². The molecule has 6 nitrogen and oxygen atoms in total. The molecular formula is C19H22N2O4S. The molecule has 0 unspecified atom stereocenters. The Morgan fingerprint density at radius 3 is 2.69 bits per heavy atom. The first-order chi connectivity index (χ1) is 12.4. The lowest BCUT2D eigenvalue weighted by Gasteiger charge is -2.26. The van der Waals surface area contributed by atoms with Crippen molar-refractivity contribution in [2.75, 3.05) is 12.4 Å². The largest absolute Gasteiger partial charge is 0.495 e. The van der Waals surface area contributed by atoms with Gasteiger partial charge in [-0.15, -0.1) is 0 Å². The van der Waals surface area contributed by atoms with Crippen LogP contribution < -0.4 is 14.8 Å². The maximum Gasteiger partial charge on any atom is 0.241 e. The first-order valence-corrected chi connectivity index (χ1v) is 9.95. The van der Waals surface area contributed by atoms with Crippen molar-refractivity contribution < 1.29 is 17.9 Å². The molecule has 0 radical (unpaired) electrons. The van der Waals surface area contributed by atoms with E-state index in [2.05, 4.69) is 10.0 Å². The topological polar surface area (TPSA) is 84.5 Å². The van der Waals surface area contributed by atoms with Crippen molar-refractivity contribution in [1.29, 1.82) is 0 Å². The maximum absolute atomic E-state index is 12.9. The van der Waals surface area contributed by atoms with Crippen molar-refractivity contribution in [3.8, 4) is 5.75 Å². The number of sulfonamides is 1. The Balaban J connectivity index is 1.91. The predicted octanol–water partition coefficient (Wildman–Crippen LogP) is 3.01. The molecule has 2 aromatic rings. The second-order valence-electron chi connectivity index (χ2n) is 6.31. The molecule has 0 fully saturated rings. The van der Waals surface area contributed by atoms with Crippen molar-refractivity contribution in [3.63, 3.8) is 0 Å². The van der Waals surface area contributed by atoms with E-state index in [4.69, 9.17) is 4.74 Å². The van der Waals surface area contributed by atoms with Crippen LogP contribution in [-0.4, -0.2) is 21.4 Å². The summed E-state index contributed by atoms with van der Waals surface area (Å²) in [5, 5.41) is 2.60. The second-order valence-corrected chi connectivity index (χ2v) is 8.02. The van der Waals surface area contributed by atoms with E-state index in [-0.39, 0.29) is 16.8 Å². The lowest BCUT2D eigenvalue weighted by atomic mass is 9.88. The highest BCUT2D eigenvalue weighted by molar-refractivity contribution is 7.89. The fraction of sp³-hybridized carbons (Fsp3) is 0.316. The second kappa shape index (κ2) is 7.47. The number of aryl methyl sites for hydroxylation is 1. The average Bonchev–Trinajstić information content (AvgIpc) is 2.61. The van der Waals surface area contributed by atoms with Gasteiger partial charge in [0.2, 0.25) is 15.9 Å². The van der Waals surface area contributed by atoms with Gasteiger partial charge in [0.05, 0.1) is 17.7 Å². The zero-order valence-electron chi connectivity index (χ0n) is 14.8. The van der Waals surface area contributed by atoms with Crippen molar-refractivity contribution in [3.05, 3.63) is 53.6 Å². The van der Waals surface area contributed by atoms with Gasteiger partial charge in [-0.25, -0.2) is 13.1 Å². The highest BCUT2D eigenvalue weighted by Crippen LogP contribution is 2.32. The summed E-state index contributed by atoms with van der Waals surface area (Å²) in [5.74, 6) is 0.106. The molecule has 0 bridgehead atoms. The fourth-order valence-corrected chi connectivity index (χ4v) is 4.55. The molecule has 0 spiro atoms. The van der Waals surface area contributed by atoms with E-state index in [0.29, 0.717) is 11.4 Å². The summed E-state index contributed by atoms with van der Waals surface area (Å²) >= 11 is 0. The van der Waals surface area contributed by atoms with Gasteiger partial charge in [-0.1, -0.05) is 24.3 Å². The van der Waals surface area contributed by atoms with Gasteiger partial charge < -0.3 is 10.1 Å². The molecule has 138 valence electrons. The molecule has 1 aliphatic rings. The highest BCUT2D eigenvalue weighted by Gasteiger charge is 2.26. The number of carbonyl (C=O) groups is 1. The summed E-state index contributed by atoms with van der Waals surface area (Å²) in [6.07, 6.45) is 2.65. The first-order valence-electron chi connectivity index (χ1n) is 8.46. The lowest BCUT2D eigenvalue weighted by molar-refractivity contribution is -0.114. The number of anilines is 1. The van der Waals surface area contributed by atoms with Gasteiger partial charge in [-0.05, 0) is 48.6 Å². The molecule has 1 atom stereocenters. The van der Waals surface area contributed by atoms with Crippen LogP contribution in [0.2, 0.25) is 0 Å². The van der Waals surface area contributed by atoms with Gasteiger partial charge in [-0.3, -0.25) is 4.79 Å². The normalized spacial score (nSPS) is 16.6. The zero-order chi connectivity index (χ0) is 18.7. The van der Waals surface area contributed by atoms with Crippen molar-refractivity contribution >= 4 is 21.6 Å². The Morgan fingerprint density at radius 2 is 1.96 bits per heavy atom. The number of hydrogen-bond acceptors (Lipinski definition) is 4. The summed E-state index contributed by atoms with van der Waals surface area (Å²) in [7, 11) is -2.28. The van der Waals surface area contributed by atoms with Gasteiger partial charge in [0.15, 0.2) is 0 Å². The first kappa shape index (κ1) is 18.4. The van der Waals surface area contributed by atoms with E-state index >= 15 is 0 Å². The standard InChI is InChI=1S/C19H22N2O4S/c1-13(22)20-18-12-15(10-11-19(18)25-2)26(23,24)21-17-9-5-7-14-6-3-4-8-16(14)17/h3-4,6,8,10-12,17,21H,5,7,9H2,1-2H3,(H,20,22)/t17-/m0/s1. The smallest absolute Gasteiger partial charge is 0.241 e. The highest BCUT2D eigenvalue weighted by atomic mass is 32.2. The van der Waals surface area contributed by atoms with E-state index in [1.807, 2.05) is 24.3 Å². The zero-order valence-corrected chi connectivity index (χ0v) is 15.6. The monoisotopic (exact) mass is 374 g/mol. The third-order valence-corrected chi connectivity index (χ3v) is 5.93. The number of carbonyl (C=O) groups excluding carboxylic acids is 1. The number of hydrogen-bond donors (Lipinski definition) is 2. The molecule has 2 N–H and O–H groups in total. The molecule has 26 heavy (non-hydrogen) atoms. The van der Waals surface area contributed by atoms with Crippen LogP contribution in [-0.2, 0) is 21.2 Å². The minimum absolute atomic E-state index is 0.0881. The van der Waals surface area contributed by atoms with E-state index in [9.17, 15) is 13.2 Å². The van der Waals surface area contributed by atoms with Crippen LogP contribution in [0.5, 0.6) is 5.75 Å². The average molecular weight is 374 g/mol. The van der Waals surface area contributed by atoms with Gasteiger partial charge in [-0.2, -0.15) is 0 Å². The van der Waals surface area contributed by atoms with Crippen molar-refractivity contribution in [1.82, 2.24) is 4.72 Å². The number of amides is 1. The van der Waals surface area contributed by atoms with Crippen molar-refractivity contribution in [2.24, 2.45) is 0 Å². The molecule has 1 amide bonds. The van der Waals surface area contributed by atoms with Gasteiger partial charge in [0.25, 0.3) is 0 Å². The van der Waals surface area contributed by atoms with Gasteiger partial charge in [0, 0.05) is 13.0 Å². The summed E-state index contributed by atoms with van der Waals surface area (Å²) in [6, 6.07) is 12.1. The Hall–Kier alpha value is -2.38. The quantitative estimate of drug-likeness (QED) is 0.843. The van der Waals surface area contributed by atoms with E-state index in [0.717, 1.165) is 24.8 Å². The third kappa shape index (κ3) is 3.89. The molecule has 0 heterocycles. The molecule has 2 aromatic carbocycles. The van der Waals surface area contributed by atoms with Gasteiger partial charge in [0.1, 0.15) is 5.75 Å². The molecule has 0 saturated heterocycles. The maximum atomic E-state index is 12.9. The third-order valence-electron chi connectivity index (χ3n) is 4.46. The van der Waals surface area contributed by atoms with E-state index in [1.165, 1.54) is 37.8 Å². The molecule has 3 rings (SSSR count). The minimum Gasteiger partial charge on any atom is -0.495 e. The van der Waals surface area contributed by atoms with Crippen LogP contribution in [0, 0.1) is 0 Å². The van der Waals surface area contributed by atoms with E-state index < -0.39 is 10.0 Å². The van der Waals surface area contributed by atoms with Crippen LogP contribution in [0.15, 0.2) is 47.4 Å². The van der Waals surface area contributed by atoms with Crippen molar-refractivity contribution in [2.45, 2.75) is 37.1 Å². The van der Waals surface area contributed by atoms with Crippen LogP contribution in [0.4, 0.5) is 5.69 Å². The molecule has 0 aromatic heterocycles. The Bertz CT molecular complexity index is 925. The summed E-state index contributed by atoms with van der Waals surface area (Å²) in [5.41, 5.74) is 2.53. The number of ether oxygens (including phenoxy) is 1. The Labute approximate surface area is 153 Å². The summed E-state index contributed by atoms with van der Waals surface area (Å²) < 4.78 is 33.8. The number of fused-ring (bicyclic) bond motifs is 1. The number of rotatable bonds is 5. The van der Waals surface area contributed by atoms with Gasteiger partial charge >= 0.3 is 0 Å². The summed E-state index contributed by atoms with van der Waals surface area (Å²) in [6.45, 7) is 1.36. The molecule has 1 aliphatic carbocycles. The Morgan fingerprint density at radius 1 is 1.19 bits per heavy atom. The Kier molecular flexibility index (Phi) is 5.29. The summed E-state index contributed by atoms with van der Waals surface area (Å²) in [4.78, 5) is 11.5. The fourth-order valence-electron chi connectivity index (χ4n) is 3.27. The molecule has 0 aliphatic heterocycles. The van der Waals surface area contributed by atoms with E-state index in [1.54, 1.807) is 0 Å². The van der Waals surface area contributed by atoms with Crippen LogP contribution in [0.1, 0.15) is 36.9 Å². The number of benzene rings is 2.